The van der Waals surface area contributed by atoms with Crippen LogP contribution in [0.5, 0.6) is 0 Å². The summed E-state index contributed by atoms with van der Waals surface area (Å²) in [6, 6.07) is 9.03. The van der Waals surface area contributed by atoms with Gasteiger partial charge in [0.05, 0.1) is 0 Å². The van der Waals surface area contributed by atoms with E-state index >= 15 is 0 Å². The van der Waals surface area contributed by atoms with Gasteiger partial charge < -0.3 is 11.1 Å². The average Bonchev–Trinajstić information content (AvgIpc) is 2.26. The van der Waals surface area contributed by atoms with Crippen molar-refractivity contribution in [1.29, 1.82) is 0 Å². The molecular weight excluding hydrogens is 204 g/mol. The molecule has 0 radical (unpaired) electrons. The zero-order valence-electron chi connectivity index (χ0n) is 9.66. The Balaban J connectivity index is 2.54. The first kappa shape index (κ1) is 12.6. The second kappa shape index (κ2) is 6.16. The summed E-state index contributed by atoms with van der Waals surface area (Å²) in [5, 5.41) is 3.34. The van der Waals surface area contributed by atoms with Crippen molar-refractivity contribution in [3.8, 4) is 0 Å². The molecule has 3 N–H and O–H groups in total. The lowest BCUT2D eigenvalue weighted by Crippen LogP contribution is -2.31. The molecular formula is C12H20N2S. The summed E-state index contributed by atoms with van der Waals surface area (Å²) >= 11 is 1.75. The fourth-order valence-electron chi connectivity index (χ4n) is 1.33. The van der Waals surface area contributed by atoms with Gasteiger partial charge in [0.25, 0.3) is 0 Å². The van der Waals surface area contributed by atoms with Crippen LogP contribution >= 0.6 is 11.8 Å². The maximum absolute atomic E-state index is 6.07. The number of hydrogen-bond acceptors (Lipinski definition) is 3. The van der Waals surface area contributed by atoms with Gasteiger partial charge in [0.1, 0.15) is 0 Å². The maximum Gasteiger partial charge on any atom is 0.0421 e. The zero-order chi connectivity index (χ0) is 11.3. The van der Waals surface area contributed by atoms with Gasteiger partial charge >= 0.3 is 0 Å². The van der Waals surface area contributed by atoms with E-state index in [0.717, 1.165) is 6.54 Å². The molecule has 0 aliphatic heterocycles. The summed E-state index contributed by atoms with van der Waals surface area (Å²) in [6.07, 6.45) is 2.08. The van der Waals surface area contributed by atoms with Gasteiger partial charge in [-0.15, -0.1) is 11.8 Å². The molecule has 3 heteroatoms. The molecule has 2 nitrogen and oxygen atoms in total. The third kappa shape index (κ3) is 4.24. The Morgan fingerprint density at radius 3 is 2.33 bits per heavy atom. The van der Waals surface area contributed by atoms with Crippen molar-refractivity contribution in [3.63, 3.8) is 0 Å². The predicted octanol–water partition coefficient (Wildman–Crippen LogP) is 2.41. The van der Waals surface area contributed by atoms with Gasteiger partial charge in [-0.05, 0) is 24.0 Å². The molecule has 0 aliphatic rings. The summed E-state index contributed by atoms with van der Waals surface area (Å²) < 4.78 is 0. The molecule has 15 heavy (non-hydrogen) atoms. The van der Waals surface area contributed by atoms with Crippen molar-refractivity contribution in [3.05, 3.63) is 29.8 Å². The van der Waals surface area contributed by atoms with Crippen LogP contribution in [0, 0.1) is 0 Å². The smallest absolute Gasteiger partial charge is 0.0421 e. The van der Waals surface area contributed by atoms with E-state index in [0.29, 0.717) is 6.04 Å². The number of rotatable bonds is 5. The first-order valence-electron chi connectivity index (χ1n) is 5.26. The fourth-order valence-corrected chi connectivity index (χ4v) is 1.74. The predicted molar refractivity (Wildman–Crippen MR) is 68.3 cm³/mol. The van der Waals surface area contributed by atoms with Crippen molar-refractivity contribution in [1.82, 2.24) is 5.32 Å². The van der Waals surface area contributed by atoms with Crippen LogP contribution in [0.3, 0.4) is 0 Å². The van der Waals surface area contributed by atoms with Crippen molar-refractivity contribution in [2.45, 2.75) is 30.8 Å². The lowest BCUT2D eigenvalue weighted by Gasteiger charge is -2.15. The first-order chi connectivity index (χ1) is 7.13. The van der Waals surface area contributed by atoms with Crippen LogP contribution in [0.1, 0.15) is 25.5 Å². The molecule has 0 heterocycles. The molecule has 1 unspecified atom stereocenters. The lowest BCUT2D eigenvalue weighted by molar-refractivity contribution is 0.537. The van der Waals surface area contributed by atoms with Crippen molar-refractivity contribution < 1.29 is 0 Å². The topological polar surface area (TPSA) is 38.0 Å². The highest BCUT2D eigenvalue weighted by Gasteiger charge is 2.05. The fraction of sp³-hybridized carbons (Fsp3) is 0.500. The normalized spacial score (nSPS) is 13.1. The van der Waals surface area contributed by atoms with E-state index in [4.69, 9.17) is 5.73 Å². The minimum atomic E-state index is 0.0864. The Morgan fingerprint density at radius 1 is 1.27 bits per heavy atom. The van der Waals surface area contributed by atoms with Gasteiger partial charge in [0, 0.05) is 23.5 Å². The van der Waals surface area contributed by atoms with Crippen molar-refractivity contribution >= 4 is 11.8 Å². The SMILES string of the molecule is CSc1ccc(C(N)CNC(C)C)cc1. The number of nitrogens with one attached hydrogen (secondary N) is 1. The van der Waals surface area contributed by atoms with Gasteiger partial charge in [0.2, 0.25) is 0 Å². The van der Waals surface area contributed by atoms with Crippen LogP contribution in [-0.4, -0.2) is 18.8 Å². The zero-order valence-corrected chi connectivity index (χ0v) is 10.5. The molecule has 0 saturated carbocycles. The van der Waals surface area contributed by atoms with Gasteiger partial charge in [-0.3, -0.25) is 0 Å². The van der Waals surface area contributed by atoms with Crippen molar-refractivity contribution in [2.75, 3.05) is 12.8 Å². The molecule has 1 aromatic rings. The third-order valence-electron chi connectivity index (χ3n) is 2.29. The number of nitrogens with two attached hydrogens (primary N) is 1. The van der Waals surface area contributed by atoms with E-state index in [2.05, 4.69) is 49.7 Å². The van der Waals surface area contributed by atoms with Crippen LogP contribution < -0.4 is 11.1 Å². The van der Waals surface area contributed by atoms with Crippen LogP contribution in [0.15, 0.2) is 29.2 Å². The Bertz CT molecular complexity index is 282. The standard InChI is InChI=1S/C12H20N2S/c1-9(2)14-8-12(13)10-4-6-11(15-3)7-5-10/h4-7,9,12,14H,8,13H2,1-3H3. The number of thioether (sulfide) groups is 1. The molecule has 84 valence electrons. The molecule has 0 amide bonds. The summed E-state index contributed by atoms with van der Waals surface area (Å²) in [5.41, 5.74) is 7.26. The highest BCUT2D eigenvalue weighted by molar-refractivity contribution is 7.98. The first-order valence-corrected chi connectivity index (χ1v) is 6.49. The van der Waals surface area contributed by atoms with Crippen LogP contribution in [-0.2, 0) is 0 Å². The summed E-state index contributed by atoms with van der Waals surface area (Å²) in [4.78, 5) is 1.28. The molecule has 0 bridgehead atoms. The quantitative estimate of drug-likeness (QED) is 0.754. The van der Waals surface area contributed by atoms with E-state index in [-0.39, 0.29) is 6.04 Å². The van der Waals surface area contributed by atoms with Crippen molar-refractivity contribution in [2.24, 2.45) is 5.73 Å². The largest absolute Gasteiger partial charge is 0.323 e. The third-order valence-corrected chi connectivity index (χ3v) is 3.03. The molecule has 1 aromatic carbocycles. The minimum Gasteiger partial charge on any atom is -0.323 e. The Hall–Kier alpha value is -0.510. The summed E-state index contributed by atoms with van der Waals surface area (Å²) in [7, 11) is 0. The van der Waals surface area contributed by atoms with E-state index in [1.807, 2.05) is 0 Å². The number of benzene rings is 1. The molecule has 0 fully saturated rings. The van der Waals surface area contributed by atoms with Crippen LogP contribution in [0.25, 0.3) is 0 Å². The average molecular weight is 224 g/mol. The summed E-state index contributed by atoms with van der Waals surface area (Å²) in [6.45, 7) is 5.09. The number of hydrogen-bond donors (Lipinski definition) is 2. The van der Waals surface area contributed by atoms with E-state index < -0.39 is 0 Å². The highest BCUT2D eigenvalue weighted by atomic mass is 32.2. The molecule has 0 aliphatic carbocycles. The lowest BCUT2D eigenvalue weighted by atomic mass is 10.1. The molecule has 0 spiro atoms. The van der Waals surface area contributed by atoms with E-state index in [1.54, 1.807) is 11.8 Å². The van der Waals surface area contributed by atoms with Gasteiger partial charge in [0.15, 0.2) is 0 Å². The Labute approximate surface area is 96.6 Å². The highest BCUT2D eigenvalue weighted by Crippen LogP contribution is 2.17. The molecule has 1 rings (SSSR count). The maximum atomic E-state index is 6.07. The van der Waals surface area contributed by atoms with E-state index in [9.17, 15) is 0 Å². The minimum absolute atomic E-state index is 0.0864. The molecule has 0 saturated heterocycles. The second-order valence-corrected chi connectivity index (χ2v) is 4.82. The van der Waals surface area contributed by atoms with Gasteiger partial charge in [-0.25, -0.2) is 0 Å². The Morgan fingerprint density at radius 2 is 1.87 bits per heavy atom. The Kier molecular flexibility index (Phi) is 5.15. The monoisotopic (exact) mass is 224 g/mol. The summed E-state index contributed by atoms with van der Waals surface area (Å²) in [5.74, 6) is 0. The van der Waals surface area contributed by atoms with Gasteiger partial charge in [-0.2, -0.15) is 0 Å². The van der Waals surface area contributed by atoms with Gasteiger partial charge in [-0.1, -0.05) is 26.0 Å². The van der Waals surface area contributed by atoms with E-state index in [1.165, 1.54) is 10.5 Å². The van der Waals surface area contributed by atoms with Crippen LogP contribution in [0.4, 0.5) is 0 Å². The van der Waals surface area contributed by atoms with Crippen LogP contribution in [0.2, 0.25) is 0 Å². The second-order valence-electron chi connectivity index (χ2n) is 3.94. The molecule has 1 atom stereocenters. The molecule has 0 aromatic heterocycles.